The maximum absolute atomic E-state index is 12.0. The van der Waals surface area contributed by atoms with E-state index >= 15 is 0 Å². The van der Waals surface area contributed by atoms with E-state index in [2.05, 4.69) is 37.8 Å². The predicted molar refractivity (Wildman–Crippen MR) is 78.6 cm³/mol. The number of carbonyl (C=O) groups is 1. The summed E-state index contributed by atoms with van der Waals surface area (Å²) in [6, 6.07) is 0. The Hall–Kier alpha value is -0.490. The molecule has 1 unspecified atom stereocenters. The highest BCUT2D eigenvalue weighted by molar-refractivity contribution is 9.09. The van der Waals surface area contributed by atoms with Gasteiger partial charge in [0, 0.05) is 16.8 Å². The maximum atomic E-state index is 12.0. The molecule has 6 heteroatoms. The second-order valence-electron chi connectivity index (χ2n) is 5.25. The number of carbonyl (C=O) groups excluding carboxylic acids is 1. The SMILES string of the molecule is CCC(Br)CCNC(=O)c1snnc1C(C)(C)C. The first-order chi connectivity index (χ1) is 8.36. The third kappa shape index (κ3) is 4.31. The van der Waals surface area contributed by atoms with Crippen molar-refractivity contribution in [1.82, 2.24) is 14.9 Å². The van der Waals surface area contributed by atoms with Gasteiger partial charge in [-0.2, -0.15) is 0 Å². The molecule has 0 spiro atoms. The summed E-state index contributed by atoms with van der Waals surface area (Å²) >= 11 is 4.71. The number of nitrogens with one attached hydrogen (secondary N) is 1. The molecule has 1 aromatic heterocycles. The summed E-state index contributed by atoms with van der Waals surface area (Å²) < 4.78 is 3.89. The molecule has 0 aliphatic heterocycles. The molecule has 0 radical (unpaired) electrons. The van der Waals surface area contributed by atoms with Crippen molar-refractivity contribution in [3.8, 4) is 0 Å². The molecule has 102 valence electrons. The lowest BCUT2D eigenvalue weighted by Gasteiger charge is -2.16. The van der Waals surface area contributed by atoms with Crippen LogP contribution in [0.15, 0.2) is 0 Å². The maximum Gasteiger partial charge on any atom is 0.264 e. The van der Waals surface area contributed by atoms with Gasteiger partial charge in [0.1, 0.15) is 4.88 Å². The number of rotatable bonds is 5. The standard InChI is InChI=1S/C12H20BrN3OS/c1-5-8(13)6-7-14-11(17)9-10(12(2,3)4)15-16-18-9/h8H,5-7H2,1-4H3,(H,14,17). The van der Waals surface area contributed by atoms with Gasteiger partial charge in [-0.05, 0) is 24.4 Å². The van der Waals surface area contributed by atoms with E-state index in [4.69, 9.17) is 0 Å². The third-order valence-electron chi connectivity index (χ3n) is 2.59. The fraction of sp³-hybridized carbons (Fsp3) is 0.750. The van der Waals surface area contributed by atoms with Gasteiger partial charge in [-0.1, -0.05) is 48.1 Å². The summed E-state index contributed by atoms with van der Waals surface area (Å²) in [4.78, 5) is 13.1. The van der Waals surface area contributed by atoms with Crippen molar-refractivity contribution in [2.24, 2.45) is 0 Å². The zero-order chi connectivity index (χ0) is 13.8. The molecule has 1 N–H and O–H groups in total. The molecule has 18 heavy (non-hydrogen) atoms. The molecule has 0 aliphatic rings. The Labute approximate surface area is 121 Å². The average Bonchev–Trinajstić information content (AvgIpc) is 2.77. The first-order valence-corrected chi connectivity index (χ1v) is 7.80. The molecule has 4 nitrogen and oxygen atoms in total. The molecular weight excluding hydrogens is 314 g/mol. The molecule has 1 rings (SSSR count). The van der Waals surface area contributed by atoms with Gasteiger partial charge >= 0.3 is 0 Å². The first-order valence-electron chi connectivity index (χ1n) is 6.11. The predicted octanol–water partition coefficient (Wildman–Crippen LogP) is 3.13. The van der Waals surface area contributed by atoms with E-state index in [0.717, 1.165) is 30.1 Å². The fourth-order valence-corrected chi connectivity index (χ4v) is 2.48. The summed E-state index contributed by atoms with van der Waals surface area (Å²) in [5.41, 5.74) is 0.622. The lowest BCUT2D eigenvalue weighted by Crippen LogP contribution is -2.28. The molecule has 0 bridgehead atoms. The van der Waals surface area contributed by atoms with Crippen LogP contribution in [0.4, 0.5) is 0 Å². The van der Waals surface area contributed by atoms with Crippen LogP contribution in [0.1, 0.15) is 55.9 Å². The van der Waals surface area contributed by atoms with Crippen LogP contribution in [-0.4, -0.2) is 26.9 Å². The van der Waals surface area contributed by atoms with Crippen LogP contribution in [0.25, 0.3) is 0 Å². The number of nitrogens with zero attached hydrogens (tertiary/aromatic N) is 2. The monoisotopic (exact) mass is 333 g/mol. The minimum Gasteiger partial charge on any atom is -0.351 e. The van der Waals surface area contributed by atoms with Gasteiger partial charge in [-0.15, -0.1) is 5.10 Å². The Bertz CT molecular complexity index is 400. The Morgan fingerprint density at radius 1 is 1.50 bits per heavy atom. The van der Waals surface area contributed by atoms with Crippen molar-refractivity contribution in [2.45, 2.75) is 50.8 Å². The van der Waals surface area contributed by atoms with Crippen LogP contribution < -0.4 is 5.32 Å². The minimum atomic E-state index is -0.152. The second-order valence-corrected chi connectivity index (χ2v) is 7.30. The van der Waals surface area contributed by atoms with Crippen molar-refractivity contribution < 1.29 is 4.79 Å². The van der Waals surface area contributed by atoms with E-state index in [1.807, 2.05) is 20.8 Å². The largest absolute Gasteiger partial charge is 0.351 e. The lowest BCUT2D eigenvalue weighted by atomic mass is 9.91. The number of hydrogen-bond donors (Lipinski definition) is 1. The first kappa shape index (κ1) is 15.6. The van der Waals surface area contributed by atoms with Crippen LogP contribution in [0, 0.1) is 0 Å². The lowest BCUT2D eigenvalue weighted by molar-refractivity contribution is 0.0955. The minimum absolute atomic E-state index is 0.0641. The zero-order valence-electron chi connectivity index (χ0n) is 11.3. The van der Waals surface area contributed by atoms with E-state index in [9.17, 15) is 4.79 Å². The van der Waals surface area contributed by atoms with Gasteiger partial charge in [0.05, 0.1) is 5.69 Å². The Morgan fingerprint density at radius 2 is 2.17 bits per heavy atom. The number of aromatic nitrogens is 2. The fourth-order valence-electron chi connectivity index (χ4n) is 1.46. The van der Waals surface area contributed by atoms with E-state index < -0.39 is 0 Å². The van der Waals surface area contributed by atoms with Crippen molar-refractivity contribution in [3.63, 3.8) is 0 Å². The molecule has 0 fully saturated rings. The van der Waals surface area contributed by atoms with Crippen LogP contribution in [0.3, 0.4) is 0 Å². The third-order valence-corrected chi connectivity index (χ3v) is 4.42. The summed E-state index contributed by atoms with van der Waals surface area (Å²) in [6.07, 6.45) is 1.99. The number of amides is 1. The summed E-state index contributed by atoms with van der Waals surface area (Å²) in [5.74, 6) is -0.0641. The van der Waals surface area contributed by atoms with Crippen molar-refractivity contribution in [2.75, 3.05) is 6.54 Å². The van der Waals surface area contributed by atoms with Crippen LogP contribution in [-0.2, 0) is 5.41 Å². The van der Waals surface area contributed by atoms with Gasteiger partial charge in [-0.3, -0.25) is 4.79 Å². The molecule has 0 saturated heterocycles. The second kappa shape index (κ2) is 6.61. The van der Waals surface area contributed by atoms with Gasteiger partial charge in [-0.25, -0.2) is 0 Å². The average molecular weight is 334 g/mol. The number of hydrogen-bond acceptors (Lipinski definition) is 4. The molecule has 1 aromatic rings. The molecule has 1 heterocycles. The highest BCUT2D eigenvalue weighted by atomic mass is 79.9. The van der Waals surface area contributed by atoms with Crippen molar-refractivity contribution in [3.05, 3.63) is 10.6 Å². The summed E-state index contributed by atoms with van der Waals surface area (Å²) in [6.45, 7) is 8.89. The van der Waals surface area contributed by atoms with E-state index in [1.54, 1.807) is 0 Å². The summed E-state index contributed by atoms with van der Waals surface area (Å²) in [5, 5.41) is 6.99. The molecule has 0 aromatic carbocycles. The van der Waals surface area contributed by atoms with Gasteiger partial charge < -0.3 is 5.32 Å². The number of alkyl halides is 1. The molecule has 1 amide bonds. The van der Waals surface area contributed by atoms with Gasteiger partial charge in [0.2, 0.25) is 0 Å². The van der Waals surface area contributed by atoms with E-state index in [1.165, 1.54) is 0 Å². The Kier molecular flexibility index (Phi) is 5.72. The van der Waals surface area contributed by atoms with E-state index in [-0.39, 0.29) is 11.3 Å². The molecular formula is C12H20BrN3OS. The van der Waals surface area contributed by atoms with Crippen LogP contribution in [0.5, 0.6) is 0 Å². The Balaban J connectivity index is 2.60. The van der Waals surface area contributed by atoms with Gasteiger partial charge in [0.25, 0.3) is 5.91 Å². The van der Waals surface area contributed by atoms with Crippen molar-refractivity contribution >= 4 is 33.4 Å². The highest BCUT2D eigenvalue weighted by Gasteiger charge is 2.26. The normalized spacial score (nSPS) is 13.4. The Morgan fingerprint density at radius 3 is 2.72 bits per heavy atom. The number of halogens is 1. The molecule has 0 saturated carbocycles. The molecule has 0 aliphatic carbocycles. The van der Waals surface area contributed by atoms with Crippen LogP contribution >= 0.6 is 27.5 Å². The quantitative estimate of drug-likeness (QED) is 0.842. The smallest absolute Gasteiger partial charge is 0.264 e. The zero-order valence-corrected chi connectivity index (χ0v) is 13.7. The molecule has 1 atom stereocenters. The highest BCUT2D eigenvalue weighted by Crippen LogP contribution is 2.25. The van der Waals surface area contributed by atoms with Crippen molar-refractivity contribution in [1.29, 1.82) is 0 Å². The topological polar surface area (TPSA) is 54.9 Å². The van der Waals surface area contributed by atoms with Crippen LogP contribution in [0.2, 0.25) is 0 Å². The van der Waals surface area contributed by atoms with E-state index in [0.29, 0.717) is 16.2 Å². The van der Waals surface area contributed by atoms with Gasteiger partial charge in [0.15, 0.2) is 0 Å². The summed E-state index contributed by atoms with van der Waals surface area (Å²) in [7, 11) is 0.